The van der Waals surface area contributed by atoms with Crippen molar-refractivity contribution in [1.82, 2.24) is 14.4 Å². The van der Waals surface area contributed by atoms with E-state index in [0.717, 1.165) is 27.8 Å². The molecule has 7 heteroatoms. The summed E-state index contributed by atoms with van der Waals surface area (Å²) in [6.45, 7) is 9.74. The fourth-order valence-corrected chi connectivity index (χ4v) is 5.17. The molecule has 0 aliphatic carbocycles. The van der Waals surface area contributed by atoms with Gasteiger partial charge in [-0.2, -0.15) is 9.29 Å². The summed E-state index contributed by atoms with van der Waals surface area (Å²) in [4.78, 5) is 4.73. The molecular weight excluding hydrogens is 374 g/mol. The average molecular weight is 400 g/mol. The number of aromatic nitrogens is 2. The maximum Gasteiger partial charge on any atom is 0.244 e. The van der Waals surface area contributed by atoms with E-state index in [0.29, 0.717) is 17.3 Å². The Morgan fingerprint density at radius 2 is 1.57 bits per heavy atom. The third-order valence-corrected chi connectivity index (χ3v) is 6.87. The van der Waals surface area contributed by atoms with E-state index in [1.807, 2.05) is 64.1 Å². The maximum absolute atomic E-state index is 13.3. The molecule has 0 amide bonds. The van der Waals surface area contributed by atoms with Crippen LogP contribution in [-0.4, -0.2) is 29.4 Å². The van der Waals surface area contributed by atoms with Crippen LogP contribution in [0.3, 0.4) is 0 Å². The van der Waals surface area contributed by atoms with Crippen LogP contribution in [0.1, 0.15) is 35.1 Å². The van der Waals surface area contributed by atoms with Gasteiger partial charge in [0.2, 0.25) is 21.7 Å². The quantitative estimate of drug-likeness (QED) is 0.621. The van der Waals surface area contributed by atoms with Gasteiger partial charge in [-0.15, -0.1) is 0 Å². The van der Waals surface area contributed by atoms with Crippen LogP contribution in [0, 0.1) is 27.7 Å². The fraction of sp³-hybridized carbons (Fsp3) is 0.333. The third-order valence-electron chi connectivity index (χ3n) is 4.64. The van der Waals surface area contributed by atoms with Gasteiger partial charge in [0.25, 0.3) is 0 Å². The number of sulfonamides is 1. The zero-order valence-corrected chi connectivity index (χ0v) is 17.7. The van der Waals surface area contributed by atoms with Crippen LogP contribution < -0.4 is 0 Å². The largest absolute Gasteiger partial charge is 0.338 e. The van der Waals surface area contributed by atoms with E-state index in [-0.39, 0.29) is 12.4 Å². The van der Waals surface area contributed by atoms with E-state index in [4.69, 9.17) is 4.52 Å². The van der Waals surface area contributed by atoms with Crippen LogP contribution in [0.25, 0.3) is 11.4 Å². The Kier molecular flexibility index (Phi) is 5.67. The Labute approximate surface area is 166 Å². The standard InChI is InChI=1S/C21H25N3O3S/c1-6-24(28(25,26)20-16(4)11-15(3)12-17(20)5)13-19-22-21(23-27-19)18-9-7-14(2)8-10-18/h7-12H,6,13H2,1-5H3. The van der Waals surface area contributed by atoms with Crippen LogP contribution >= 0.6 is 0 Å². The molecule has 0 radical (unpaired) electrons. The molecule has 148 valence electrons. The van der Waals surface area contributed by atoms with Crippen molar-refractivity contribution in [1.29, 1.82) is 0 Å². The lowest BCUT2D eigenvalue weighted by atomic mass is 10.1. The zero-order valence-electron chi connectivity index (χ0n) is 16.9. The van der Waals surface area contributed by atoms with Crippen molar-refractivity contribution in [3.8, 4) is 11.4 Å². The van der Waals surface area contributed by atoms with Crippen molar-refractivity contribution >= 4 is 10.0 Å². The normalized spacial score (nSPS) is 11.9. The van der Waals surface area contributed by atoms with Crippen molar-refractivity contribution in [2.24, 2.45) is 0 Å². The van der Waals surface area contributed by atoms with Gasteiger partial charge in [0, 0.05) is 12.1 Å². The second-order valence-corrected chi connectivity index (χ2v) is 8.91. The molecule has 0 unspecified atom stereocenters. The molecule has 0 saturated carbocycles. The Balaban J connectivity index is 1.90. The van der Waals surface area contributed by atoms with Gasteiger partial charge in [0.1, 0.15) is 0 Å². The van der Waals surface area contributed by atoms with E-state index >= 15 is 0 Å². The minimum Gasteiger partial charge on any atom is -0.338 e. The van der Waals surface area contributed by atoms with Crippen molar-refractivity contribution in [2.45, 2.75) is 46.1 Å². The van der Waals surface area contributed by atoms with Gasteiger partial charge >= 0.3 is 0 Å². The third kappa shape index (κ3) is 4.00. The lowest BCUT2D eigenvalue weighted by Crippen LogP contribution is -2.31. The van der Waals surface area contributed by atoms with E-state index in [9.17, 15) is 8.42 Å². The lowest BCUT2D eigenvalue weighted by molar-refractivity contribution is 0.321. The minimum atomic E-state index is -3.68. The summed E-state index contributed by atoms with van der Waals surface area (Å²) >= 11 is 0. The highest BCUT2D eigenvalue weighted by Crippen LogP contribution is 2.26. The molecule has 0 bridgehead atoms. The van der Waals surface area contributed by atoms with E-state index in [1.165, 1.54) is 4.31 Å². The van der Waals surface area contributed by atoms with Crippen LogP contribution in [0.4, 0.5) is 0 Å². The number of rotatable bonds is 6. The monoisotopic (exact) mass is 399 g/mol. The van der Waals surface area contributed by atoms with Crippen molar-refractivity contribution < 1.29 is 12.9 Å². The van der Waals surface area contributed by atoms with Crippen LogP contribution in [-0.2, 0) is 16.6 Å². The summed E-state index contributed by atoms with van der Waals surface area (Å²) in [7, 11) is -3.68. The number of nitrogens with zero attached hydrogens (tertiary/aromatic N) is 3. The van der Waals surface area contributed by atoms with Gasteiger partial charge in [-0.05, 0) is 38.8 Å². The molecule has 28 heavy (non-hydrogen) atoms. The molecule has 2 aromatic carbocycles. The summed E-state index contributed by atoms with van der Waals surface area (Å²) in [5.74, 6) is 0.717. The van der Waals surface area contributed by atoms with Crippen LogP contribution in [0.5, 0.6) is 0 Å². The van der Waals surface area contributed by atoms with E-state index in [2.05, 4.69) is 10.1 Å². The predicted octanol–water partition coefficient (Wildman–Crippen LogP) is 4.18. The first-order chi connectivity index (χ1) is 13.2. The van der Waals surface area contributed by atoms with Gasteiger partial charge in [0.05, 0.1) is 11.4 Å². The molecule has 0 spiro atoms. The molecule has 3 aromatic rings. The number of benzene rings is 2. The van der Waals surface area contributed by atoms with Crippen molar-refractivity contribution in [3.05, 3.63) is 64.5 Å². The Hall–Kier alpha value is -2.51. The highest BCUT2D eigenvalue weighted by molar-refractivity contribution is 7.89. The second kappa shape index (κ2) is 7.85. The van der Waals surface area contributed by atoms with Gasteiger partial charge < -0.3 is 4.52 Å². The Morgan fingerprint density at radius 3 is 2.14 bits per heavy atom. The number of hydrogen-bond acceptors (Lipinski definition) is 5. The summed E-state index contributed by atoms with van der Waals surface area (Å²) in [5.41, 5.74) is 4.48. The van der Waals surface area contributed by atoms with Gasteiger partial charge in [-0.25, -0.2) is 8.42 Å². The molecule has 0 aliphatic rings. The molecule has 0 N–H and O–H groups in total. The summed E-state index contributed by atoms with van der Waals surface area (Å²) < 4.78 is 33.2. The highest BCUT2D eigenvalue weighted by atomic mass is 32.2. The molecular formula is C21H25N3O3S. The second-order valence-electron chi connectivity index (χ2n) is 7.04. The SMILES string of the molecule is CCN(Cc1nc(-c2ccc(C)cc2)no1)S(=O)(=O)c1c(C)cc(C)cc1C. The van der Waals surface area contributed by atoms with Crippen LogP contribution in [0.2, 0.25) is 0 Å². The predicted molar refractivity (Wildman–Crippen MR) is 108 cm³/mol. The molecule has 0 aliphatic heterocycles. The Bertz CT molecular complexity index is 1060. The molecule has 6 nitrogen and oxygen atoms in total. The molecule has 0 saturated heterocycles. The first kappa shape index (κ1) is 20.2. The lowest BCUT2D eigenvalue weighted by Gasteiger charge is -2.21. The zero-order chi connectivity index (χ0) is 20.5. The molecule has 1 aromatic heterocycles. The van der Waals surface area contributed by atoms with E-state index < -0.39 is 10.0 Å². The van der Waals surface area contributed by atoms with Gasteiger partial charge in [0.15, 0.2) is 0 Å². The van der Waals surface area contributed by atoms with Crippen molar-refractivity contribution in [2.75, 3.05) is 6.54 Å². The molecule has 0 fully saturated rings. The fourth-order valence-electron chi connectivity index (χ4n) is 3.36. The topological polar surface area (TPSA) is 76.3 Å². The summed E-state index contributed by atoms with van der Waals surface area (Å²) in [6.07, 6.45) is 0. The smallest absolute Gasteiger partial charge is 0.244 e. The number of aryl methyl sites for hydroxylation is 4. The molecule has 3 rings (SSSR count). The molecule has 1 heterocycles. The van der Waals surface area contributed by atoms with Gasteiger partial charge in [-0.1, -0.05) is 59.6 Å². The van der Waals surface area contributed by atoms with Crippen molar-refractivity contribution in [3.63, 3.8) is 0 Å². The summed E-state index contributed by atoms with van der Waals surface area (Å²) in [6, 6.07) is 11.5. The average Bonchev–Trinajstić information content (AvgIpc) is 3.07. The first-order valence-corrected chi connectivity index (χ1v) is 10.6. The van der Waals surface area contributed by atoms with E-state index in [1.54, 1.807) is 6.92 Å². The summed E-state index contributed by atoms with van der Waals surface area (Å²) in [5, 5.41) is 4.00. The van der Waals surface area contributed by atoms with Crippen LogP contribution in [0.15, 0.2) is 45.8 Å². The molecule has 0 atom stereocenters. The minimum absolute atomic E-state index is 0.0322. The number of hydrogen-bond donors (Lipinski definition) is 0. The maximum atomic E-state index is 13.3. The highest BCUT2D eigenvalue weighted by Gasteiger charge is 2.28. The Morgan fingerprint density at radius 1 is 0.964 bits per heavy atom. The first-order valence-electron chi connectivity index (χ1n) is 9.20. The van der Waals surface area contributed by atoms with Gasteiger partial charge in [-0.3, -0.25) is 0 Å².